The van der Waals surface area contributed by atoms with Crippen LogP contribution in [-0.2, 0) is 17.8 Å². The molecule has 32 heavy (non-hydrogen) atoms. The molecule has 1 heterocycles. The molecule has 4 nitrogen and oxygen atoms in total. The van der Waals surface area contributed by atoms with Crippen molar-refractivity contribution in [3.05, 3.63) is 95.6 Å². The highest BCUT2D eigenvalue weighted by Gasteiger charge is 2.17. The number of halogens is 2. The summed E-state index contributed by atoms with van der Waals surface area (Å²) in [7, 11) is 0. The van der Waals surface area contributed by atoms with Crippen molar-refractivity contribution in [3.8, 4) is 0 Å². The molecule has 0 aromatic heterocycles. The fraction of sp³-hybridized carbons (Fsp3) is 0.269. The summed E-state index contributed by atoms with van der Waals surface area (Å²) in [6.45, 7) is 4.93. The van der Waals surface area contributed by atoms with Crippen molar-refractivity contribution < 1.29 is 13.6 Å². The van der Waals surface area contributed by atoms with E-state index >= 15 is 0 Å². The van der Waals surface area contributed by atoms with Gasteiger partial charge in [0.2, 0.25) is 5.91 Å². The second kappa shape index (κ2) is 10.4. The van der Waals surface area contributed by atoms with E-state index in [-0.39, 0.29) is 12.3 Å². The van der Waals surface area contributed by atoms with Crippen LogP contribution in [0.15, 0.2) is 72.8 Å². The van der Waals surface area contributed by atoms with Crippen LogP contribution in [0.1, 0.15) is 17.5 Å². The number of carbonyl (C=O) groups is 1. The molecule has 1 aliphatic rings. The SMILES string of the molecule is O=C(CCc1ccc(F)c(F)c1)Nc1ccc(N2CCN(Cc3ccccc3)CC2)cc1. The first-order valence-corrected chi connectivity index (χ1v) is 10.9. The van der Waals surface area contributed by atoms with Crippen molar-refractivity contribution in [1.29, 1.82) is 0 Å². The summed E-state index contributed by atoms with van der Waals surface area (Å²) in [6.07, 6.45) is 0.560. The number of nitrogens with zero attached hydrogens (tertiary/aromatic N) is 2. The maximum atomic E-state index is 13.3. The van der Waals surface area contributed by atoms with Gasteiger partial charge in [-0.05, 0) is 53.9 Å². The maximum absolute atomic E-state index is 13.3. The highest BCUT2D eigenvalue weighted by Crippen LogP contribution is 2.20. The molecule has 1 N–H and O–H groups in total. The van der Waals surface area contributed by atoms with Gasteiger partial charge in [0.05, 0.1) is 0 Å². The van der Waals surface area contributed by atoms with Crippen molar-refractivity contribution in [2.45, 2.75) is 19.4 Å². The minimum absolute atomic E-state index is 0.156. The Kier molecular flexibility index (Phi) is 7.12. The van der Waals surface area contributed by atoms with E-state index in [1.165, 1.54) is 11.6 Å². The molecule has 3 aromatic rings. The molecule has 0 saturated carbocycles. The van der Waals surface area contributed by atoms with Crippen molar-refractivity contribution in [2.24, 2.45) is 0 Å². The topological polar surface area (TPSA) is 35.6 Å². The molecule has 0 bridgehead atoms. The van der Waals surface area contributed by atoms with Crippen molar-refractivity contribution in [2.75, 3.05) is 36.4 Å². The number of carbonyl (C=O) groups excluding carboxylic acids is 1. The van der Waals surface area contributed by atoms with E-state index in [0.29, 0.717) is 12.0 Å². The Balaban J connectivity index is 1.23. The Bertz CT molecular complexity index is 1030. The number of nitrogens with one attached hydrogen (secondary N) is 1. The van der Waals surface area contributed by atoms with E-state index < -0.39 is 11.6 Å². The monoisotopic (exact) mass is 435 g/mol. The van der Waals surface area contributed by atoms with Gasteiger partial charge < -0.3 is 10.2 Å². The molecule has 1 fully saturated rings. The quantitative estimate of drug-likeness (QED) is 0.576. The van der Waals surface area contributed by atoms with Gasteiger partial charge in [-0.15, -0.1) is 0 Å². The van der Waals surface area contributed by atoms with E-state index in [1.807, 2.05) is 30.3 Å². The first kappa shape index (κ1) is 22.0. The van der Waals surface area contributed by atoms with Gasteiger partial charge in [-0.1, -0.05) is 36.4 Å². The fourth-order valence-corrected chi connectivity index (χ4v) is 3.94. The molecule has 6 heteroatoms. The smallest absolute Gasteiger partial charge is 0.224 e. The molecule has 166 valence electrons. The van der Waals surface area contributed by atoms with Crippen LogP contribution in [0, 0.1) is 11.6 Å². The second-order valence-corrected chi connectivity index (χ2v) is 8.09. The van der Waals surface area contributed by atoms with E-state index in [9.17, 15) is 13.6 Å². The Hall–Kier alpha value is -3.25. The summed E-state index contributed by atoms with van der Waals surface area (Å²) in [6, 6.07) is 22.1. The van der Waals surface area contributed by atoms with Gasteiger partial charge in [0.1, 0.15) is 0 Å². The van der Waals surface area contributed by atoms with Gasteiger partial charge in [-0.2, -0.15) is 0 Å². The maximum Gasteiger partial charge on any atom is 0.224 e. The van der Waals surface area contributed by atoms with Crippen LogP contribution in [0.2, 0.25) is 0 Å². The third kappa shape index (κ3) is 5.92. The van der Waals surface area contributed by atoms with Gasteiger partial charge in [0, 0.05) is 50.5 Å². The predicted octanol–water partition coefficient (Wildman–Crippen LogP) is 4.86. The van der Waals surface area contributed by atoms with E-state index in [4.69, 9.17) is 0 Å². The molecule has 0 unspecified atom stereocenters. The first-order chi connectivity index (χ1) is 15.6. The number of hydrogen-bond acceptors (Lipinski definition) is 3. The lowest BCUT2D eigenvalue weighted by Gasteiger charge is -2.36. The molecular weight excluding hydrogens is 408 g/mol. The normalized spacial score (nSPS) is 14.4. The zero-order chi connectivity index (χ0) is 22.3. The van der Waals surface area contributed by atoms with Gasteiger partial charge in [0.15, 0.2) is 11.6 Å². The summed E-state index contributed by atoms with van der Waals surface area (Å²) < 4.78 is 26.3. The molecule has 1 saturated heterocycles. The molecule has 4 rings (SSSR count). The van der Waals surface area contributed by atoms with Crippen LogP contribution in [0.5, 0.6) is 0 Å². The molecule has 0 atom stereocenters. The molecule has 3 aromatic carbocycles. The van der Waals surface area contributed by atoms with Crippen molar-refractivity contribution in [3.63, 3.8) is 0 Å². The minimum atomic E-state index is -0.889. The average molecular weight is 436 g/mol. The summed E-state index contributed by atoms with van der Waals surface area (Å²) in [5.41, 5.74) is 3.81. The summed E-state index contributed by atoms with van der Waals surface area (Å²) in [4.78, 5) is 17.0. The third-order valence-corrected chi connectivity index (χ3v) is 5.76. The predicted molar refractivity (Wildman–Crippen MR) is 124 cm³/mol. The number of rotatable bonds is 7. The van der Waals surface area contributed by atoms with Crippen LogP contribution < -0.4 is 10.2 Å². The Morgan fingerprint density at radius 1 is 0.812 bits per heavy atom. The van der Waals surface area contributed by atoms with Crippen LogP contribution >= 0.6 is 0 Å². The van der Waals surface area contributed by atoms with Crippen LogP contribution in [-0.4, -0.2) is 37.0 Å². The van der Waals surface area contributed by atoms with E-state index in [0.717, 1.165) is 56.2 Å². The minimum Gasteiger partial charge on any atom is -0.369 e. The fourth-order valence-electron chi connectivity index (χ4n) is 3.94. The number of benzene rings is 3. The molecule has 0 radical (unpaired) electrons. The van der Waals surface area contributed by atoms with E-state index in [2.05, 4.69) is 39.4 Å². The van der Waals surface area contributed by atoms with Crippen LogP contribution in [0.4, 0.5) is 20.2 Å². The Morgan fingerprint density at radius 3 is 2.22 bits per heavy atom. The highest BCUT2D eigenvalue weighted by molar-refractivity contribution is 5.91. The molecule has 0 aliphatic carbocycles. The zero-order valence-corrected chi connectivity index (χ0v) is 17.9. The number of anilines is 2. The lowest BCUT2D eigenvalue weighted by atomic mass is 10.1. The number of piperazine rings is 1. The Morgan fingerprint density at radius 2 is 1.53 bits per heavy atom. The zero-order valence-electron chi connectivity index (χ0n) is 17.9. The standard InChI is InChI=1S/C26H27F2N3O/c27-24-12-6-20(18-25(24)28)7-13-26(32)29-22-8-10-23(11-9-22)31-16-14-30(15-17-31)19-21-4-2-1-3-5-21/h1-6,8-12,18H,7,13-17,19H2,(H,29,32). The molecule has 1 amide bonds. The number of amides is 1. The highest BCUT2D eigenvalue weighted by atomic mass is 19.2. The molecular formula is C26H27F2N3O. The lowest BCUT2D eigenvalue weighted by molar-refractivity contribution is -0.116. The Labute approximate surface area is 187 Å². The average Bonchev–Trinajstić information content (AvgIpc) is 2.82. The third-order valence-electron chi connectivity index (χ3n) is 5.76. The van der Waals surface area contributed by atoms with Crippen molar-refractivity contribution >= 4 is 17.3 Å². The largest absolute Gasteiger partial charge is 0.369 e. The number of hydrogen-bond donors (Lipinski definition) is 1. The van der Waals surface area contributed by atoms with Crippen molar-refractivity contribution in [1.82, 2.24) is 4.90 Å². The molecule has 1 aliphatic heterocycles. The van der Waals surface area contributed by atoms with Crippen LogP contribution in [0.25, 0.3) is 0 Å². The van der Waals surface area contributed by atoms with Gasteiger partial charge >= 0.3 is 0 Å². The number of aryl methyl sites for hydroxylation is 1. The second-order valence-electron chi connectivity index (χ2n) is 8.09. The van der Waals surface area contributed by atoms with Gasteiger partial charge in [0.25, 0.3) is 0 Å². The summed E-state index contributed by atoms with van der Waals surface area (Å²) >= 11 is 0. The van der Waals surface area contributed by atoms with Gasteiger partial charge in [-0.25, -0.2) is 8.78 Å². The van der Waals surface area contributed by atoms with E-state index in [1.54, 1.807) is 0 Å². The lowest BCUT2D eigenvalue weighted by Crippen LogP contribution is -2.45. The van der Waals surface area contributed by atoms with Gasteiger partial charge in [-0.3, -0.25) is 9.69 Å². The first-order valence-electron chi connectivity index (χ1n) is 10.9. The summed E-state index contributed by atoms with van der Waals surface area (Å²) in [5, 5.41) is 2.87. The summed E-state index contributed by atoms with van der Waals surface area (Å²) in [5.74, 6) is -1.92. The molecule has 0 spiro atoms. The van der Waals surface area contributed by atoms with Crippen LogP contribution in [0.3, 0.4) is 0 Å².